The molecule has 0 aliphatic heterocycles. The van der Waals surface area contributed by atoms with Crippen LogP contribution < -0.4 is 5.73 Å². The third-order valence-corrected chi connectivity index (χ3v) is 12.0. The van der Waals surface area contributed by atoms with Crippen LogP contribution >= 0.6 is 0 Å². The maximum Gasteiger partial charge on any atom is 0.192 e. The number of hydrogen-bond donors (Lipinski definition) is 1. The van der Waals surface area contributed by atoms with Crippen LogP contribution in [-0.2, 0) is 11.0 Å². The van der Waals surface area contributed by atoms with Gasteiger partial charge in [-0.05, 0) is 77.8 Å². The fourth-order valence-corrected chi connectivity index (χ4v) is 5.17. The van der Waals surface area contributed by atoms with Crippen molar-refractivity contribution in [1.29, 1.82) is 0 Å². The van der Waals surface area contributed by atoms with Gasteiger partial charge in [0.15, 0.2) is 8.32 Å². The molecule has 0 bridgehead atoms. The Morgan fingerprint density at radius 3 is 2.29 bits per heavy atom. The van der Waals surface area contributed by atoms with Gasteiger partial charge >= 0.3 is 0 Å². The highest BCUT2D eigenvalue weighted by molar-refractivity contribution is 6.74. The van der Waals surface area contributed by atoms with E-state index in [1.54, 1.807) is 18.3 Å². The molecule has 2 N–H and O–H groups in total. The summed E-state index contributed by atoms with van der Waals surface area (Å²) in [4.78, 5) is 9.06. The van der Waals surface area contributed by atoms with Crippen molar-refractivity contribution in [2.75, 3.05) is 5.73 Å². The Balaban J connectivity index is 1.59. The van der Waals surface area contributed by atoms with E-state index in [1.807, 2.05) is 24.4 Å². The highest BCUT2D eigenvalue weighted by Gasteiger charge is 2.37. The van der Waals surface area contributed by atoms with E-state index in [-0.39, 0.29) is 10.9 Å². The van der Waals surface area contributed by atoms with Gasteiger partial charge in [-0.1, -0.05) is 45.0 Å². The number of benzene rings is 2. The summed E-state index contributed by atoms with van der Waals surface area (Å²) in [6.45, 7) is 11.9. The molecule has 0 spiro atoms. The molecule has 3 aromatic heterocycles. The molecule has 0 aliphatic carbocycles. The van der Waals surface area contributed by atoms with Gasteiger partial charge in [-0.2, -0.15) is 0 Å². The molecule has 0 unspecified atom stereocenters. The van der Waals surface area contributed by atoms with Crippen LogP contribution in [0.25, 0.3) is 39.1 Å². The quantitative estimate of drug-likeness (QED) is 0.229. The number of fused-ring (bicyclic) bond motifs is 1. The number of nitrogen functional groups attached to an aromatic ring is 1. The van der Waals surface area contributed by atoms with Gasteiger partial charge in [-0.15, -0.1) is 0 Å². The number of hydrogen-bond acceptors (Lipinski definition) is 4. The van der Waals surface area contributed by atoms with Crippen LogP contribution in [0.1, 0.15) is 26.3 Å². The smallest absolute Gasteiger partial charge is 0.192 e. The van der Waals surface area contributed by atoms with Gasteiger partial charge in [0, 0.05) is 29.2 Å². The summed E-state index contributed by atoms with van der Waals surface area (Å²) >= 11 is 0. The Hall–Kier alpha value is -3.81. The van der Waals surface area contributed by atoms with Crippen molar-refractivity contribution in [2.45, 2.75) is 45.5 Å². The Kier molecular flexibility index (Phi) is 6.67. The van der Waals surface area contributed by atoms with Crippen molar-refractivity contribution >= 4 is 25.2 Å². The van der Waals surface area contributed by atoms with E-state index in [9.17, 15) is 4.39 Å². The summed E-state index contributed by atoms with van der Waals surface area (Å²) in [5.74, 6) is 0.188. The van der Waals surface area contributed by atoms with Gasteiger partial charge in [0.2, 0.25) is 0 Å². The Morgan fingerprint density at radius 1 is 0.921 bits per heavy atom. The summed E-state index contributed by atoms with van der Waals surface area (Å²) in [6.07, 6.45) is 3.51. The van der Waals surface area contributed by atoms with Crippen molar-refractivity contribution in [3.8, 4) is 28.1 Å². The van der Waals surface area contributed by atoms with E-state index in [1.165, 1.54) is 12.1 Å². The molecule has 5 aromatic rings. The highest BCUT2D eigenvalue weighted by atomic mass is 28.4. The summed E-state index contributed by atoms with van der Waals surface area (Å²) in [6, 6.07) is 22.9. The second-order valence-corrected chi connectivity index (χ2v) is 16.0. The number of aromatic nitrogens is 3. The van der Waals surface area contributed by atoms with E-state index < -0.39 is 8.32 Å². The maximum atomic E-state index is 13.5. The zero-order valence-electron chi connectivity index (χ0n) is 22.5. The largest absolute Gasteiger partial charge is 0.413 e. The van der Waals surface area contributed by atoms with Gasteiger partial charge in [-0.25, -0.2) is 9.37 Å². The van der Waals surface area contributed by atoms with Crippen LogP contribution in [0.2, 0.25) is 18.1 Å². The molecule has 3 heterocycles. The minimum atomic E-state index is -1.85. The fourth-order valence-electron chi connectivity index (χ4n) is 4.21. The van der Waals surface area contributed by atoms with Gasteiger partial charge in [0.1, 0.15) is 11.6 Å². The molecule has 38 heavy (non-hydrogen) atoms. The average molecular weight is 525 g/mol. The topological polar surface area (TPSA) is 66.0 Å². The molecular formula is C31H33FN4OSi. The van der Waals surface area contributed by atoms with Crippen LogP contribution in [0.3, 0.4) is 0 Å². The van der Waals surface area contributed by atoms with Crippen LogP contribution in [0.5, 0.6) is 0 Å². The normalized spacial score (nSPS) is 12.3. The first-order valence-corrected chi connectivity index (χ1v) is 15.7. The Bertz CT molecular complexity index is 1590. The summed E-state index contributed by atoms with van der Waals surface area (Å²) < 4.78 is 22.1. The zero-order valence-corrected chi connectivity index (χ0v) is 23.5. The molecule has 0 saturated heterocycles. The lowest BCUT2D eigenvalue weighted by atomic mass is 10.1. The van der Waals surface area contributed by atoms with Gasteiger partial charge in [0.05, 0.1) is 23.3 Å². The number of rotatable bonds is 6. The predicted molar refractivity (Wildman–Crippen MR) is 156 cm³/mol. The summed E-state index contributed by atoms with van der Waals surface area (Å²) in [7, 11) is -1.85. The van der Waals surface area contributed by atoms with E-state index in [0.29, 0.717) is 12.4 Å². The summed E-state index contributed by atoms with van der Waals surface area (Å²) in [5, 5.41) is 0.158. The van der Waals surface area contributed by atoms with Crippen molar-refractivity contribution < 1.29 is 8.82 Å². The lowest BCUT2D eigenvalue weighted by molar-refractivity contribution is 0.276. The number of pyridine rings is 2. The van der Waals surface area contributed by atoms with E-state index in [0.717, 1.165) is 44.7 Å². The second-order valence-electron chi connectivity index (χ2n) is 11.2. The molecule has 7 heteroatoms. The molecule has 0 saturated carbocycles. The van der Waals surface area contributed by atoms with Gasteiger partial charge in [0.25, 0.3) is 0 Å². The molecule has 0 amide bonds. The Morgan fingerprint density at radius 2 is 1.63 bits per heavy atom. The molecule has 0 radical (unpaired) electrons. The molecule has 2 aromatic carbocycles. The third kappa shape index (κ3) is 4.99. The number of halogens is 1. The maximum absolute atomic E-state index is 13.5. The minimum absolute atomic E-state index is 0.158. The SMILES string of the molecule is CC(C)(C)[Si](C)(C)OCc1ccc(-n2c(-c3cccnc3N)cc3ncc(-c4ccc(F)cc4)cc32)cc1. The van der Waals surface area contributed by atoms with Gasteiger partial charge < -0.3 is 14.7 Å². The minimum Gasteiger partial charge on any atom is -0.413 e. The first kappa shape index (κ1) is 25.8. The van der Waals surface area contributed by atoms with E-state index >= 15 is 0 Å². The lowest BCUT2D eigenvalue weighted by Crippen LogP contribution is -2.40. The van der Waals surface area contributed by atoms with Gasteiger partial charge in [-0.3, -0.25) is 4.98 Å². The standard InChI is InChI=1S/C31H33FN4OSi/c1-31(2,3)38(4,5)37-20-21-8-14-25(15-9-21)36-28(26-7-6-16-34-30(26)33)18-27-29(36)17-23(19-35-27)22-10-12-24(32)13-11-22/h6-19H,20H2,1-5H3,(H2,33,34). The van der Waals surface area contributed by atoms with Crippen LogP contribution in [-0.4, -0.2) is 22.9 Å². The number of nitrogens with zero attached hydrogens (tertiary/aromatic N) is 3. The van der Waals surface area contributed by atoms with Crippen molar-refractivity contribution in [2.24, 2.45) is 0 Å². The van der Waals surface area contributed by atoms with Crippen LogP contribution in [0.15, 0.2) is 85.2 Å². The number of anilines is 1. The molecule has 0 aliphatic rings. The van der Waals surface area contributed by atoms with Crippen LogP contribution in [0, 0.1) is 5.82 Å². The number of nitrogens with two attached hydrogens (primary N) is 1. The van der Waals surface area contributed by atoms with Crippen LogP contribution in [0.4, 0.5) is 10.2 Å². The highest BCUT2D eigenvalue weighted by Crippen LogP contribution is 2.38. The fraction of sp³-hybridized carbons (Fsp3) is 0.226. The molecule has 0 fully saturated rings. The van der Waals surface area contributed by atoms with Crippen molar-refractivity contribution in [3.63, 3.8) is 0 Å². The first-order valence-electron chi connectivity index (χ1n) is 12.7. The second kappa shape index (κ2) is 9.81. The third-order valence-electron chi connectivity index (χ3n) is 7.55. The summed E-state index contributed by atoms with van der Waals surface area (Å²) in [5.41, 5.74) is 13.7. The molecular weight excluding hydrogens is 491 g/mol. The van der Waals surface area contributed by atoms with Crippen molar-refractivity contribution in [1.82, 2.24) is 14.5 Å². The molecule has 0 atom stereocenters. The first-order chi connectivity index (χ1) is 18.0. The molecule has 5 rings (SSSR count). The monoisotopic (exact) mass is 524 g/mol. The lowest BCUT2D eigenvalue weighted by Gasteiger charge is -2.36. The van der Waals surface area contributed by atoms with E-state index in [4.69, 9.17) is 15.1 Å². The van der Waals surface area contributed by atoms with E-state index in [2.05, 4.69) is 73.7 Å². The Labute approximate surface area is 224 Å². The predicted octanol–water partition coefficient (Wildman–Crippen LogP) is 8.00. The molecule has 194 valence electrons. The van der Waals surface area contributed by atoms with Crippen molar-refractivity contribution in [3.05, 3.63) is 96.6 Å². The average Bonchev–Trinajstić information content (AvgIpc) is 3.26. The molecule has 5 nitrogen and oxygen atoms in total. The zero-order chi connectivity index (χ0) is 27.1.